The van der Waals surface area contributed by atoms with Crippen molar-refractivity contribution in [3.8, 4) is 11.3 Å². The number of benzene rings is 2. The number of halogens is 2. The summed E-state index contributed by atoms with van der Waals surface area (Å²) in [6.45, 7) is 4.59. The normalized spacial score (nSPS) is 14.3. The lowest BCUT2D eigenvalue weighted by molar-refractivity contribution is -0.126. The number of amides is 1. The number of hydrogen-bond acceptors (Lipinski definition) is 4. The molecular weight excluding hydrogens is 431 g/mol. The molecule has 0 atom stereocenters. The Morgan fingerprint density at radius 1 is 0.968 bits per heavy atom. The lowest BCUT2D eigenvalue weighted by Crippen LogP contribution is -2.48. The second-order valence-electron chi connectivity index (χ2n) is 7.34. The number of aryl methyl sites for hydroxylation is 1. The van der Waals surface area contributed by atoms with Crippen molar-refractivity contribution in [2.75, 3.05) is 31.1 Å². The SMILES string of the molecule is Cc1nc(-c2ccccc2)cc(N2CCN(C(=O)/C=C/c3ccc(Cl)cc3Cl)CC2)n1. The Kier molecular flexibility index (Phi) is 6.54. The molecule has 1 aliphatic rings. The number of rotatable bonds is 4. The van der Waals surface area contributed by atoms with Gasteiger partial charge >= 0.3 is 0 Å². The van der Waals surface area contributed by atoms with E-state index in [-0.39, 0.29) is 5.91 Å². The first-order chi connectivity index (χ1) is 15.0. The molecule has 0 radical (unpaired) electrons. The quantitative estimate of drug-likeness (QED) is 0.515. The van der Waals surface area contributed by atoms with E-state index in [1.165, 1.54) is 0 Å². The first-order valence-electron chi connectivity index (χ1n) is 10.1. The van der Waals surface area contributed by atoms with Crippen LogP contribution in [-0.2, 0) is 4.79 Å². The van der Waals surface area contributed by atoms with Crippen LogP contribution in [0.25, 0.3) is 17.3 Å². The van der Waals surface area contributed by atoms with E-state index in [0.717, 1.165) is 28.5 Å². The third-order valence-corrected chi connectivity index (χ3v) is 5.74. The van der Waals surface area contributed by atoms with Gasteiger partial charge in [0.1, 0.15) is 11.6 Å². The van der Waals surface area contributed by atoms with Crippen molar-refractivity contribution in [1.29, 1.82) is 0 Å². The lowest BCUT2D eigenvalue weighted by Gasteiger charge is -2.35. The van der Waals surface area contributed by atoms with E-state index >= 15 is 0 Å². The number of aromatic nitrogens is 2. The molecule has 0 spiro atoms. The predicted octanol–water partition coefficient (Wildman–Crippen LogP) is 5.12. The Balaban J connectivity index is 1.41. The molecule has 1 aliphatic heterocycles. The van der Waals surface area contributed by atoms with Gasteiger partial charge in [-0.3, -0.25) is 4.79 Å². The Labute approximate surface area is 191 Å². The number of anilines is 1. The molecule has 7 heteroatoms. The standard InChI is InChI=1S/C24H22Cl2N4O/c1-17-27-22(19-5-3-2-4-6-19)16-23(28-17)29-11-13-30(14-12-29)24(31)10-8-18-7-9-20(25)15-21(18)26/h2-10,15-16H,11-14H2,1H3/b10-8+. The Hall–Kier alpha value is -2.89. The maximum atomic E-state index is 12.6. The van der Waals surface area contributed by atoms with E-state index in [4.69, 9.17) is 23.2 Å². The average molecular weight is 453 g/mol. The summed E-state index contributed by atoms with van der Waals surface area (Å²) in [4.78, 5) is 25.8. The molecule has 4 rings (SSSR count). The summed E-state index contributed by atoms with van der Waals surface area (Å²) in [6.07, 6.45) is 3.29. The van der Waals surface area contributed by atoms with Gasteiger partial charge in [0.2, 0.25) is 5.91 Å². The number of piperazine rings is 1. The molecule has 31 heavy (non-hydrogen) atoms. The van der Waals surface area contributed by atoms with Crippen LogP contribution in [0.1, 0.15) is 11.4 Å². The second kappa shape index (κ2) is 9.50. The molecule has 0 bridgehead atoms. The van der Waals surface area contributed by atoms with Crippen molar-refractivity contribution in [2.45, 2.75) is 6.92 Å². The average Bonchev–Trinajstić information content (AvgIpc) is 2.78. The van der Waals surface area contributed by atoms with Gasteiger partial charge in [-0.1, -0.05) is 59.6 Å². The molecule has 158 valence electrons. The minimum Gasteiger partial charge on any atom is -0.353 e. The van der Waals surface area contributed by atoms with Gasteiger partial charge in [0.25, 0.3) is 0 Å². The molecule has 0 saturated carbocycles. The van der Waals surface area contributed by atoms with Crippen molar-refractivity contribution in [1.82, 2.24) is 14.9 Å². The second-order valence-corrected chi connectivity index (χ2v) is 8.18. The first-order valence-corrected chi connectivity index (χ1v) is 10.8. The van der Waals surface area contributed by atoms with Gasteiger partial charge in [0.05, 0.1) is 5.69 Å². The van der Waals surface area contributed by atoms with E-state index in [2.05, 4.69) is 14.9 Å². The van der Waals surface area contributed by atoms with E-state index in [1.807, 2.05) is 48.2 Å². The molecule has 2 aromatic carbocycles. The van der Waals surface area contributed by atoms with Crippen LogP contribution in [0.5, 0.6) is 0 Å². The first kappa shape index (κ1) is 21.3. The topological polar surface area (TPSA) is 49.3 Å². The highest BCUT2D eigenvalue weighted by atomic mass is 35.5. The summed E-state index contributed by atoms with van der Waals surface area (Å²) in [5, 5.41) is 1.09. The van der Waals surface area contributed by atoms with Gasteiger partial charge in [0, 0.05) is 53.9 Å². The molecule has 1 saturated heterocycles. The Bertz CT molecular complexity index is 1110. The molecule has 0 aliphatic carbocycles. The molecule has 3 aromatic rings. The zero-order valence-corrected chi connectivity index (χ0v) is 18.6. The maximum absolute atomic E-state index is 12.6. The molecule has 0 N–H and O–H groups in total. The van der Waals surface area contributed by atoms with E-state index < -0.39 is 0 Å². The van der Waals surface area contributed by atoms with Crippen LogP contribution < -0.4 is 4.90 Å². The van der Waals surface area contributed by atoms with Gasteiger partial charge < -0.3 is 9.80 Å². The fourth-order valence-electron chi connectivity index (χ4n) is 3.53. The molecule has 0 unspecified atom stereocenters. The van der Waals surface area contributed by atoms with Gasteiger partial charge in [-0.25, -0.2) is 9.97 Å². The summed E-state index contributed by atoms with van der Waals surface area (Å²) in [7, 11) is 0. The minimum atomic E-state index is -0.0329. The Morgan fingerprint density at radius 3 is 2.42 bits per heavy atom. The molecule has 2 heterocycles. The zero-order chi connectivity index (χ0) is 21.8. The van der Waals surface area contributed by atoms with Gasteiger partial charge in [-0.2, -0.15) is 0 Å². The summed E-state index contributed by atoms with van der Waals surface area (Å²) in [5.74, 6) is 1.59. The smallest absolute Gasteiger partial charge is 0.246 e. The maximum Gasteiger partial charge on any atom is 0.246 e. The zero-order valence-electron chi connectivity index (χ0n) is 17.1. The van der Waals surface area contributed by atoms with Crippen LogP contribution in [0.15, 0.2) is 60.7 Å². The molecule has 1 aromatic heterocycles. The summed E-state index contributed by atoms with van der Waals surface area (Å²) in [5.41, 5.74) is 2.74. The van der Waals surface area contributed by atoms with Crippen LogP contribution in [0.3, 0.4) is 0 Å². The van der Waals surface area contributed by atoms with Crippen molar-refractivity contribution in [3.05, 3.63) is 82.1 Å². The molecule has 1 amide bonds. The fourth-order valence-corrected chi connectivity index (χ4v) is 4.00. The highest BCUT2D eigenvalue weighted by Crippen LogP contribution is 2.24. The van der Waals surface area contributed by atoms with Crippen molar-refractivity contribution in [3.63, 3.8) is 0 Å². The minimum absolute atomic E-state index is 0.0329. The van der Waals surface area contributed by atoms with Gasteiger partial charge in [-0.05, 0) is 30.7 Å². The van der Waals surface area contributed by atoms with Crippen LogP contribution in [0.2, 0.25) is 10.0 Å². The summed E-state index contributed by atoms with van der Waals surface area (Å²) >= 11 is 12.1. The monoisotopic (exact) mass is 452 g/mol. The third-order valence-electron chi connectivity index (χ3n) is 5.18. The van der Waals surface area contributed by atoms with E-state index in [9.17, 15) is 4.79 Å². The van der Waals surface area contributed by atoms with Crippen molar-refractivity contribution in [2.24, 2.45) is 0 Å². The van der Waals surface area contributed by atoms with Crippen LogP contribution >= 0.6 is 23.2 Å². The third kappa shape index (κ3) is 5.24. The molecule has 1 fully saturated rings. The summed E-state index contributed by atoms with van der Waals surface area (Å²) in [6, 6.07) is 17.3. The van der Waals surface area contributed by atoms with E-state index in [1.54, 1.807) is 30.4 Å². The van der Waals surface area contributed by atoms with E-state index in [0.29, 0.717) is 36.2 Å². The van der Waals surface area contributed by atoms with Crippen LogP contribution in [-0.4, -0.2) is 47.0 Å². The van der Waals surface area contributed by atoms with Gasteiger partial charge in [0.15, 0.2) is 0 Å². The fraction of sp³-hybridized carbons (Fsp3) is 0.208. The lowest BCUT2D eigenvalue weighted by atomic mass is 10.1. The largest absolute Gasteiger partial charge is 0.353 e. The predicted molar refractivity (Wildman–Crippen MR) is 126 cm³/mol. The highest BCUT2D eigenvalue weighted by Gasteiger charge is 2.21. The number of hydrogen-bond donors (Lipinski definition) is 0. The summed E-state index contributed by atoms with van der Waals surface area (Å²) < 4.78 is 0. The molecular formula is C24H22Cl2N4O. The Morgan fingerprint density at radius 2 is 1.71 bits per heavy atom. The van der Waals surface area contributed by atoms with Crippen LogP contribution in [0, 0.1) is 6.92 Å². The van der Waals surface area contributed by atoms with Crippen LogP contribution in [0.4, 0.5) is 5.82 Å². The van der Waals surface area contributed by atoms with Gasteiger partial charge in [-0.15, -0.1) is 0 Å². The van der Waals surface area contributed by atoms with Crippen molar-refractivity contribution < 1.29 is 4.79 Å². The number of carbonyl (C=O) groups is 1. The number of carbonyl (C=O) groups excluding carboxylic acids is 1. The van der Waals surface area contributed by atoms with Crippen molar-refractivity contribution >= 4 is 41.0 Å². The highest BCUT2D eigenvalue weighted by molar-refractivity contribution is 6.35. The molecule has 5 nitrogen and oxygen atoms in total. The number of nitrogens with zero attached hydrogens (tertiary/aromatic N) is 4.